The molecule has 1 fully saturated rings. The smallest absolute Gasteiger partial charge is 0.324 e. The lowest BCUT2D eigenvalue weighted by atomic mass is 10.1. The van der Waals surface area contributed by atoms with Gasteiger partial charge >= 0.3 is 6.03 Å². The SMILES string of the molecule is Cc1ccnc(NC(=O)Nc2ccc(-c3cc(CN4CCOCC4)n4ncnc(N)c34)cc2)c1. The number of nitrogens with two attached hydrogens (primary N) is 1. The Labute approximate surface area is 196 Å². The second kappa shape index (κ2) is 9.46. The average Bonchev–Trinajstić information content (AvgIpc) is 3.20. The molecule has 4 aromatic rings. The number of benzene rings is 1. The Morgan fingerprint density at radius 1 is 1.09 bits per heavy atom. The van der Waals surface area contributed by atoms with Crippen LogP contribution in [0.1, 0.15) is 11.3 Å². The summed E-state index contributed by atoms with van der Waals surface area (Å²) in [6.45, 7) is 5.91. The van der Waals surface area contributed by atoms with Crippen LogP contribution < -0.4 is 16.4 Å². The average molecular weight is 459 g/mol. The monoisotopic (exact) mass is 458 g/mol. The fourth-order valence-electron chi connectivity index (χ4n) is 4.07. The number of hydrogen-bond donors (Lipinski definition) is 3. The highest BCUT2D eigenvalue weighted by Gasteiger charge is 2.18. The number of morpholine rings is 1. The summed E-state index contributed by atoms with van der Waals surface area (Å²) in [6, 6.07) is 13.0. The standard InChI is InChI=1S/C24H26N8O2/c1-16-6-7-26-21(12-16)30-24(33)29-18-4-2-17(3-5-18)20-13-19(14-31-8-10-34-11-9-31)32-22(20)23(25)27-15-28-32/h2-7,12-13,15H,8-11,14H2,1H3,(H2,25,27,28)(H2,26,29,30,33). The third kappa shape index (κ3) is 4.68. The molecule has 0 saturated carbocycles. The minimum absolute atomic E-state index is 0.356. The predicted molar refractivity (Wildman–Crippen MR) is 131 cm³/mol. The highest BCUT2D eigenvalue weighted by molar-refractivity contribution is 5.99. The molecule has 3 aromatic heterocycles. The molecule has 10 heteroatoms. The van der Waals surface area contributed by atoms with Crippen LogP contribution in [0.4, 0.5) is 22.1 Å². The van der Waals surface area contributed by atoms with Gasteiger partial charge in [-0.25, -0.2) is 19.3 Å². The zero-order valence-electron chi connectivity index (χ0n) is 18.9. The number of anilines is 3. The Balaban J connectivity index is 1.36. The maximum atomic E-state index is 12.3. The molecule has 0 spiro atoms. The molecule has 5 rings (SSSR count). The predicted octanol–water partition coefficient (Wildman–Crippen LogP) is 3.16. The lowest BCUT2D eigenvalue weighted by Gasteiger charge is -2.26. The number of aryl methyl sites for hydroxylation is 1. The van der Waals surface area contributed by atoms with Crippen molar-refractivity contribution in [2.24, 2.45) is 0 Å². The molecule has 34 heavy (non-hydrogen) atoms. The van der Waals surface area contributed by atoms with Crippen LogP contribution in [-0.2, 0) is 11.3 Å². The van der Waals surface area contributed by atoms with E-state index in [9.17, 15) is 4.79 Å². The number of amides is 2. The number of carbonyl (C=O) groups excluding carboxylic acids is 1. The van der Waals surface area contributed by atoms with E-state index in [4.69, 9.17) is 10.5 Å². The number of nitrogens with one attached hydrogen (secondary N) is 2. The first-order valence-corrected chi connectivity index (χ1v) is 11.1. The summed E-state index contributed by atoms with van der Waals surface area (Å²) in [5, 5.41) is 10.0. The second-order valence-corrected chi connectivity index (χ2v) is 8.22. The van der Waals surface area contributed by atoms with Crippen molar-refractivity contribution in [2.45, 2.75) is 13.5 Å². The molecular formula is C24H26N8O2. The first kappa shape index (κ1) is 21.8. The van der Waals surface area contributed by atoms with Crippen molar-refractivity contribution in [1.29, 1.82) is 0 Å². The molecule has 2 amide bonds. The fraction of sp³-hybridized carbons (Fsp3) is 0.250. The van der Waals surface area contributed by atoms with E-state index in [-0.39, 0.29) is 6.03 Å². The van der Waals surface area contributed by atoms with Crippen LogP contribution in [0.15, 0.2) is 55.0 Å². The van der Waals surface area contributed by atoms with Crippen molar-refractivity contribution >= 4 is 28.9 Å². The van der Waals surface area contributed by atoms with Gasteiger partial charge in [-0.15, -0.1) is 0 Å². The fourth-order valence-corrected chi connectivity index (χ4v) is 4.07. The van der Waals surface area contributed by atoms with Crippen LogP contribution in [0, 0.1) is 6.92 Å². The Bertz CT molecular complexity index is 1310. The third-order valence-corrected chi connectivity index (χ3v) is 5.76. The van der Waals surface area contributed by atoms with Crippen LogP contribution in [0.5, 0.6) is 0 Å². The number of aromatic nitrogens is 4. The maximum absolute atomic E-state index is 12.3. The minimum atomic E-state index is -0.356. The molecule has 0 radical (unpaired) electrons. The van der Waals surface area contributed by atoms with Crippen LogP contribution in [0.2, 0.25) is 0 Å². The highest BCUT2D eigenvalue weighted by atomic mass is 16.5. The number of fused-ring (bicyclic) bond motifs is 1. The molecule has 1 aromatic carbocycles. The van der Waals surface area contributed by atoms with Crippen LogP contribution >= 0.6 is 0 Å². The van der Waals surface area contributed by atoms with Crippen LogP contribution in [0.25, 0.3) is 16.6 Å². The molecule has 4 N–H and O–H groups in total. The normalized spacial score (nSPS) is 14.3. The van der Waals surface area contributed by atoms with Gasteiger partial charge in [0, 0.05) is 37.1 Å². The summed E-state index contributed by atoms with van der Waals surface area (Å²) in [5.41, 5.74) is 11.6. The Hall–Kier alpha value is -4.02. The third-order valence-electron chi connectivity index (χ3n) is 5.76. The topological polar surface area (TPSA) is 123 Å². The van der Waals surface area contributed by atoms with Gasteiger partial charge < -0.3 is 15.8 Å². The van der Waals surface area contributed by atoms with Crippen molar-refractivity contribution in [3.63, 3.8) is 0 Å². The van der Waals surface area contributed by atoms with Gasteiger partial charge in [0.25, 0.3) is 0 Å². The summed E-state index contributed by atoms with van der Waals surface area (Å²) in [6.07, 6.45) is 3.13. The molecule has 0 aliphatic carbocycles. The zero-order chi connectivity index (χ0) is 23.5. The number of urea groups is 1. The van der Waals surface area contributed by atoms with Gasteiger partial charge in [-0.2, -0.15) is 5.10 Å². The number of rotatable bonds is 5. The molecule has 0 bridgehead atoms. The molecule has 1 saturated heterocycles. The molecular weight excluding hydrogens is 432 g/mol. The summed E-state index contributed by atoms with van der Waals surface area (Å²) in [4.78, 5) is 23.0. The minimum Gasteiger partial charge on any atom is -0.382 e. The van der Waals surface area contributed by atoms with E-state index in [0.717, 1.165) is 60.7 Å². The summed E-state index contributed by atoms with van der Waals surface area (Å²) < 4.78 is 7.33. The number of pyridine rings is 1. The number of ether oxygens (including phenoxy) is 1. The zero-order valence-corrected chi connectivity index (χ0v) is 18.9. The van der Waals surface area contributed by atoms with Crippen molar-refractivity contribution in [1.82, 2.24) is 24.5 Å². The van der Waals surface area contributed by atoms with Crippen LogP contribution in [0.3, 0.4) is 0 Å². The Morgan fingerprint density at radius 3 is 2.65 bits per heavy atom. The number of carbonyl (C=O) groups is 1. The first-order chi connectivity index (χ1) is 16.6. The molecule has 0 unspecified atom stereocenters. The van der Waals surface area contributed by atoms with E-state index in [1.807, 2.05) is 47.8 Å². The van der Waals surface area contributed by atoms with E-state index in [0.29, 0.717) is 17.3 Å². The summed E-state index contributed by atoms with van der Waals surface area (Å²) in [7, 11) is 0. The highest BCUT2D eigenvalue weighted by Crippen LogP contribution is 2.31. The summed E-state index contributed by atoms with van der Waals surface area (Å²) in [5.74, 6) is 0.920. The maximum Gasteiger partial charge on any atom is 0.324 e. The lowest BCUT2D eigenvalue weighted by Crippen LogP contribution is -2.36. The van der Waals surface area contributed by atoms with Gasteiger partial charge in [0.1, 0.15) is 17.7 Å². The molecule has 0 atom stereocenters. The lowest BCUT2D eigenvalue weighted by molar-refractivity contribution is 0.0334. The van der Waals surface area contributed by atoms with Gasteiger partial charge in [0.15, 0.2) is 5.82 Å². The van der Waals surface area contributed by atoms with Crippen LogP contribution in [-0.4, -0.2) is 56.8 Å². The van der Waals surface area contributed by atoms with E-state index in [2.05, 4.69) is 36.7 Å². The molecule has 1 aliphatic rings. The molecule has 4 heterocycles. The number of nitrogens with zero attached hydrogens (tertiary/aromatic N) is 5. The molecule has 10 nitrogen and oxygen atoms in total. The Morgan fingerprint density at radius 2 is 1.88 bits per heavy atom. The van der Waals surface area contributed by atoms with Crippen molar-refractivity contribution in [2.75, 3.05) is 42.7 Å². The first-order valence-electron chi connectivity index (χ1n) is 11.1. The summed E-state index contributed by atoms with van der Waals surface area (Å²) >= 11 is 0. The van der Waals surface area contributed by atoms with Gasteiger partial charge in [0.05, 0.1) is 18.9 Å². The van der Waals surface area contributed by atoms with E-state index < -0.39 is 0 Å². The van der Waals surface area contributed by atoms with Gasteiger partial charge in [-0.3, -0.25) is 10.2 Å². The number of hydrogen-bond acceptors (Lipinski definition) is 7. The van der Waals surface area contributed by atoms with Crippen molar-refractivity contribution in [3.8, 4) is 11.1 Å². The van der Waals surface area contributed by atoms with Crippen molar-refractivity contribution < 1.29 is 9.53 Å². The van der Waals surface area contributed by atoms with Gasteiger partial charge in [0.2, 0.25) is 0 Å². The Kier molecular flexibility index (Phi) is 6.07. The van der Waals surface area contributed by atoms with Gasteiger partial charge in [-0.05, 0) is 48.4 Å². The van der Waals surface area contributed by atoms with Crippen molar-refractivity contribution in [3.05, 3.63) is 66.2 Å². The molecule has 1 aliphatic heterocycles. The van der Waals surface area contributed by atoms with E-state index in [1.165, 1.54) is 6.33 Å². The second-order valence-electron chi connectivity index (χ2n) is 8.22. The number of nitrogen functional groups attached to an aromatic ring is 1. The largest absolute Gasteiger partial charge is 0.382 e. The molecule has 174 valence electrons. The quantitative estimate of drug-likeness (QED) is 0.420. The van der Waals surface area contributed by atoms with E-state index in [1.54, 1.807) is 6.20 Å². The van der Waals surface area contributed by atoms with E-state index >= 15 is 0 Å². The van der Waals surface area contributed by atoms with Gasteiger partial charge in [-0.1, -0.05) is 12.1 Å².